The molecule has 1 N–H and O–H groups in total. The highest BCUT2D eigenvalue weighted by molar-refractivity contribution is 8.00. The third-order valence-corrected chi connectivity index (χ3v) is 9.08. The van der Waals surface area contributed by atoms with Crippen molar-refractivity contribution in [2.24, 2.45) is 0 Å². The number of halogens is 3. The van der Waals surface area contributed by atoms with E-state index in [1.165, 1.54) is 34.9 Å². The molecule has 13 heteroatoms. The number of rotatable bonds is 6. The van der Waals surface area contributed by atoms with Crippen LogP contribution in [0.25, 0.3) is 5.76 Å². The Morgan fingerprint density at radius 1 is 1.02 bits per heavy atom. The molecule has 1 unspecified atom stereocenters. The average Bonchev–Trinajstić information content (AvgIpc) is 3.54. The Morgan fingerprint density at radius 2 is 1.78 bits per heavy atom. The van der Waals surface area contributed by atoms with E-state index in [0.29, 0.717) is 45.4 Å². The summed E-state index contributed by atoms with van der Waals surface area (Å²) in [6.45, 7) is 0.727. The summed E-state index contributed by atoms with van der Waals surface area (Å²) in [7, 11) is 0. The number of Topliss-reactive ketones (excluding diaryl/α,β-unsaturated/α-hetero) is 1. The number of anilines is 1. The highest BCUT2D eigenvalue weighted by Gasteiger charge is 2.49. The SMILES string of the molecule is O=C1C(=O)N(c2nnc(SCc3ccc(F)cc3)s2)C(c2ccc(Cl)cc2Cl)/C1=C(\O)c1ccc2c(c1)OCCO2. The molecule has 1 aromatic heterocycles. The van der Waals surface area contributed by atoms with Crippen molar-refractivity contribution in [3.05, 3.63) is 98.8 Å². The smallest absolute Gasteiger partial charge is 0.301 e. The van der Waals surface area contributed by atoms with E-state index in [0.717, 1.165) is 16.9 Å². The van der Waals surface area contributed by atoms with Gasteiger partial charge in [-0.2, -0.15) is 0 Å². The van der Waals surface area contributed by atoms with Gasteiger partial charge in [-0.15, -0.1) is 10.2 Å². The van der Waals surface area contributed by atoms with Gasteiger partial charge in [-0.25, -0.2) is 4.39 Å². The van der Waals surface area contributed by atoms with E-state index < -0.39 is 23.5 Å². The first kappa shape index (κ1) is 27.5. The second-order valence-corrected chi connectivity index (χ2v) is 12.0. The average molecular weight is 631 g/mol. The van der Waals surface area contributed by atoms with E-state index in [1.807, 2.05) is 0 Å². The van der Waals surface area contributed by atoms with Crippen LogP contribution in [0.15, 0.2) is 70.6 Å². The zero-order valence-corrected chi connectivity index (χ0v) is 24.0. The first-order valence-electron chi connectivity index (χ1n) is 12.2. The first-order chi connectivity index (χ1) is 19.8. The lowest BCUT2D eigenvalue weighted by molar-refractivity contribution is -0.132. The number of hydrogen-bond donors (Lipinski definition) is 1. The highest BCUT2D eigenvalue weighted by atomic mass is 35.5. The second-order valence-electron chi connectivity index (χ2n) is 8.96. The topological polar surface area (TPSA) is 102 Å². The molecule has 0 bridgehead atoms. The number of carbonyl (C=O) groups is 2. The molecule has 3 aromatic carbocycles. The molecule has 2 aliphatic rings. The number of thioether (sulfide) groups is 1. The largest absolute Gasteiger partial charge is 0.507 e. The Hall–Kier alpha value is -3.64. The van der Waals surface area contributed by atoms with Crippen LogP contribution in [-0.4, -0.2) is 40.2 Å². The van der Waals surface area contributed by atoms with Crippen LogP contribution in [0, 0.1) is 5.82 Å². The number of ether oxygens (including phenoxy) is 2. The molecule has 0 spiro atoms. The lowest BCUT2D eigenvalue weighted by Gasteiger charge is -2.24. The summed E-state index contributed by atoms with van der Waals surface area (Å²) in [5, 5.41) is 20.5. The molecule has 1 fully saturated rings. The number of hydrogen-bond acceptors (Lipinski definition) is 9. The molecule has 208 valence electrons. The summed E-state index contributed by atoms with van der Waals surface area (Å²) in [6.07, 6.45) is 0. The van der Waals surface area contributed by atoms with Gasteiger partial charge in [-0.1, -0.05) is 64.5 Å². The number of nitrogens with zero attached hydrogens (tertiary/aromatic N) is 3. The normalized spacial score (nSPS) is 17.7. The van der Waals surface area contributed by atoms with Gasteiger partial charge in [0.25, 0.3) is 5.78 Å². The Bertz CT molecular complexity index is 1710. The number of aliphatic hydroxyl groups excluding tert-OH is 1. The van der Waals surface area contributed by atoms with Gasteiger partial charge in [-0.05, 0) is 53.6 Å². The standard InChI is InChI=1S/C28H18Cl2FN3O5S2/c29-16-4-7-18(19(30)12-16)23-22(24(35)15-3-8-20-21(11-15)39-10-9-38-20)25(36)26(37)34(23)27-32-33-28(41-27)40-13-14-1-5-17(31)6-2-14/h1-8,11-12,23,35H,9-10,13H2/b24-22+. The lowest BCUT2D eigenvalue weighted by atomic mass is 9.95. The van der Waals surface area contributed by atoms with Crippen molar-refractivity contribution in [3.8, 4) is 11.5 Å². The van der Waals surface area contributed by atoms with Crippen LogP contribution in [0.5, 0.6) is 11.5 Å². The summed E-state index contributed by atoms with van der Waals surface area (Å²) in [5.74, 6) is -1.15. The van der Waals surface area contributed by atoms with Gasteiger partial charge in [0.15, 0.2) is 15.8 Å². The van der Waals surface area contributed by atoms with Crippen molar-refractivity contribution < 1.29 is 28.6 Å². The van der Waals surface area contributed by atoms with Crippen molar-refractivity contribution in [2.75, 3.05) is 18.1 Å². The summed E-state index contributed by atoms with van der Waals surface area (Å²) in [6, 6.07) is 14.4. The molecule has 41 heavy (non-hydrogen) atoms. The van der Waals surface area contributed by atoms with Gasteiger partial charge in [-0.3, -0.25) is 14.5 Å². The van der Waals surface area contributed by atoms with E-state index in [-0.39, 0.29) is 27.1 Å². The first-order valence-corrected chi connectivity index (χ1v) is 14.7. The van der Waals surface area contributed by atoms with E-state index in [2.05, 4.69) is 10.2 Å². The van der Waals surface area contributed by atoms with Crippen LogP contribution in [0.1, 0.15) is 22.7 Å². The summed E-state index contributed by atoms with van der Waals surface area (Å²) in [5.41, 5.74) is 1.33. The van der Waals surface area contributed by atoms with Gasteiger partial charge in [0.1, 0.15) is 24.8 Å². The maximum Gasteiger partial charge on any atom is 0.301 e. The van der Waals surface area contributed by atoms with Crippen molar-refractivity contribution in [2.45, 2.75) is 16.1 Å². The minimum Gasteiger partial charge on any atom is -0.507 e. The molecule has 0 aliphatic carbocycles. The molecule has 1 atom stereocenters. The number of fused-ring (bicyclic) bond motifs is 1. The molecule has 3 heterocycles. The minimum atomic E-state index is -1.11. The fourth-order valence-electron chi connectivity index (χ4n) is 4.48. The third kappa shape index (κ3) is 5.38. The number of ketones is 1. The quantitative estimate of drug-likeness (QED) is 0.0829. The Balaban J connectivity index is 1.40. The monoisotopic (exact) mass is 629 g/mol. The van der Waals surface area contributed by atoms with Crippen LogP contribution in [0.3, 0.4) is 0 Å². The summed E-state index contributed by atoms with van der Waals surface area (Å²) >= 11 is 15.1. The van der Waals surface area contributed by atoms with Crippen LogP contribution in [0.4, 0.5) is 9.52 Å². The van der Waals surface area contributed by atoms with E-state index >= 15 is 0 Å². The van der Waals surface area contributed by atoms with Gasteiger partial charge in [0, 0.05) is 21.4 Å². The molecular weight excluding hydrogens is 612 g/mol. The van der Waals surface area contributed by atoms with Crippen molar-refractivity contribution >= 4 is 68.9 Å². The maximum atomic E-state index is 13.5. The molecule has 2 aliphatic heterocycles. The van der Waals surface area contributed by atoms with Gasteiger partial charge in [0.05, 0.1) is 11.6 Å². The number of aliphatic hydroxyl groups is 1. The van der Waals surface area contributed by atoms with E-state index in [9.17, 15) is 19.1 Å². The summed E-state index contributed by atoms with van der Waals surface area (Å²) in [4.78, 5) is 28.1. The molecule has 6 rings (SSSR count). The predicted octanol–water partition coefficient (Wildman–Crippen LogP) is 6.67. The number of carbonyl (C=O) groups excluding carboxylic acids is 2. The van der Waals surface area contributed by atoms with Crippen molar-refractivity contribution in [1.82, 2.24) is 10.2 Å². The fraction of sp³-hybridized carbons (Fsp3) is 0.143. The molecule has 0 saturated carbocycles. The van der Waals surface area contributed by atoms with Gasteiger partial charge >= 0.3 is 5.91 Å². The second kappa shape index (κ2) is 11.3. The minimum absolute atomic E-state index is 0.144. The maximum absolute atomic E-state index is 13.5. The zero-order valence-electron chi connectivity index (χ0n) is 20.8. The molecule has 4 aromatic rings. The fourth-order valence-corrected chi connectivity index (χ4v) is 6.81. The zero-order chi connectivity index (χ0) is 28.7. The lowest BCUT2D eigenvalue weighted by Crippen LogP contribution is -2.29. The van der Waals surface area contributed by atoms with Crippen molar-refractivity contribution in [1.29, 1.82) is 0 Å². The number of aromatic nitrogens is 2. The Labute approximate surface area is 251 Å². The number of benzene rings is 3. The van der Waals surface area contributed by atoms with Crippen LogP contribution in [-0.2, 0) is 15.3 Å². The molecule has 0 radical (unpaired) electrons. The number of amides is 1. The predicted molar refractivity (Wildman–Crippen MR) is 155 cm³/mol. The van der Waals surface area contributed by atoms with Crippen LogP contribution >= 0.6 is 46.3 Å². The van der Waals surface area contributed by atoms with Crippen LogP contribution < -0.4 is 14.4 Å². The molecular formula is C28H18Cl2FN3O5S2. The van der Waals surface area contributed by atoms with Crippen LogP contribution in [0.2, 0.25) is 10.0 Å². The Morgan fingerprint density at radius 3 is 2.54 bits per heavy atom. The molecule has 1 saturated heterocycles. The molecule has 1 amide bonds. The van der Waals surface area contributed by atoms with Gasteiger partial charge in [0.2, 0.25) is 5.13 Å². The van der Waals surface area contributed by atoms with Crippen molar-refractivity contribution in [3.63, 3.8) is 0 Å². The van der Waals surface area contributed by atoms with E-state index in [1.54, 1.807) is 42.5 Å². The molecule has 8 nitrogen and oxygen atoms in total. The highest BCUT2D eigenvalue weighted by Crippen LogP contribution is 2.46. The van der Waals surface area contributed by atoms with Gasteiger partial charge < -0.3 is 14.6 Å². The van der Waals surface area contributed by atoms with E-state index in [4.69, 9.17) is 32.7 Å². The third-order valence-electron chi connectivity index (χ3n) is 6.39. The summed E-state index contributed by atoms with van der Waals surface area (Å²) < 4.78 is 25.0. The Kier molecular flexibility index (Phi) is 7.60.